The van der Waals surface area contributed by atoms with Crippen LogP contribution in [-0.2, 0) is 11.3 Å². The molecule has 0 aliphatic carbocycles. The Morgan fingerprint density at radius 2 is 1.96 bits per heavy atom. The molecule has 0 unspecified atom stereocenters. The number of ether oxygens (including phenoxy) is 2. The van der Waals surface area contributed by atoms with Gasteiger partial charge in [0, 0.05) is 53.1 Å². The number of rotatable bonds is 2. The van der Waals surface area contributed by atoms with Crippen molar-refractivity contribution in [2.75, 3.05) is 18.4 Å². The van der Waals surface area contributed by atoms with Gasteiger partial charge in [-0.05, 0) is 42.5 Å². The van der Waals surface area contributed by atoms with Gasteiger partial charge in [0.15, 0.2) is 0 Å². The summed E-state index contributed by atoms with van der Waals surface area (Å²) in [5.41, 5.74) is 2.99. The number of hydrogen-bond donors (Lipinski definition) is 3. The number of halogens is 1. The fourth-order valence-corrected chi connectivity index (χ4v) is 3.97. The van der Waals surface area contributed by atoms with Crippen molar-refractivity contribution in [3.8, 4) is 5.75 Å². The van der Waals surface area contributed by atoms with Gasteiger partial charge in [-0.1, -0.05) is 11.6 Å². The molecular weight excluding hydrogens is 378 g/mol. The highest BCUT2D eigenvalue weighted by molar-refractivity contribution is 6.31. The minimum absolute atomic E-state index is 0.209. The third-order valence-corrected chi connectivity index (χ3v) is 5.53. The van der Waals surface area contributed by atoms with Gasteiger partial charge >= 0.3 is 0 Å². The molecule has 1 spiro atoms. The Balaban J connectivity index is 1.34. The van der Waals surface area contributed by atoms with Crippen molar-refractivity contribution in [2.24, 2.45) is 0 Å². The van der Waals surface area contributed by atoms with Gasteiger partial charge < -0.3 is 25.1 Å². The van der Waals surface area contributed by atoms with Crippen LogP contribution in [0, 0.1) is 0 Å². The van der Waals surface area contributed by atoms with E-state index in [9.17, 15) is 4.79 Å². The van der Waals surface area contributed by atoms with Gasteiger partial charge in [0.25, 0.3) is 5.91 Å². The van der Waals surface area contributed by atoms with E-state index < -0.39 is 5.79 Å². The van der Waals surface area contributed by atoms with Gasteiger partial charge in [-0.25, -0.2) is 0 Å². The number of aromatic amines is 1. The summed E-state index contributed by atoms with van der Waals surface area (Å²) in [6, 6.07) is 12.9. The number of piperidine rings is 1. The second-order valence-electron chi connectivity index (χ2n) is 7.24. The average Bonchev–Trinajstić information content (AvgIpc) is 3.12. The Morgan fingerprint density at radius 1 is 1.11 bits per heavy atom. The van der Waals surface area contributed by atoms with Crippen molar-refractivity contribution in [1.29, 1.82) is 0 Å². The first-order valence-corrected chi connectivity index (χ1v) is 9.74. The van der Waals surface area contributed by atoms with Crippen LogP contribution in [0.15, 0.2) is 42.5 Å². The second-order valence-corrected chi connectivity index (χ2v) is 7.68. The highest BCUT2D eigenvalue weighted by Crippen LogP contribution is 2.37. The van der Waals surface area contributed by atoms with Crippen LogP contribution in [0.2, 0.25) is 5.02 Å². The monoisotopic (exact) mass is 397 g/mol. The molecule has 6 nitrogen and oxygen atoms in total. The molecule has 1 fully saturated rings. The Bertz CT molecular complexity index is 1060. The number of nitrogens with one attached hydrogen (secondary N) is 3. The first-order valence-electron chi connectivity index (χ1n) is 9.37. The van der Waals surface area contributed by atoms with Crippen LogP contribution < -0.4 is 15.4 Å². The molecular formula is C21H20ClN3O3. The maximum Gasteiger partial charge on any atom is 0.272 e. The molecule has 2 aliphatic heterocycles. The molecule has 3 heterocycles. The normalized spacial score (nSPS) is 17.9. The summed E-state index contributed by atoms with van der Waals surface area (Å²) in [7, 11) is 0. The summed E-state index contributed by atoms with van der Waals surface area (Å²) in [5, 5.41) is 7.79. The van der Waals surface area contributed by atoms with Crippen molar-refractivity contribution in [1.82, 2.24) is 10.3 Å². The van der Waals surface area contributed by atoms with Crippen LogP contribution in [0.3, 0.4) is 0 Å². The van der Waals surface area contributed by atoms with Gasteiger partial charge in [0.2, 0.25) is 5.79 Å². The summed E-state index contributed by atoms with van der Waals surface area (Å²) < 4.78 is 12.2. The van der Waals surface area contributed by atoms with Crippen LogP contribution >= 0.6 is 11.6 Å². The van der Waals surface area contributed by atoms with Crippen LogP contribution in [0.1, 0.15) is 28.9 Å². The Morgan fingerprint density at radius 3 is 2.82 bits per heavy atom. The van der Waals surface area contributed by atoms with Gasteiger partial charge in [0.1, 0.15) is 11.4 Å². The zero-order valence-electron chi connectivity index (χ0n) is 15.2. The minimum atomic E-state index is -0.519. The molecule has 1 saturated heterocycles. The summed E-state index contributed by atoms with van der Waals surface area (Å²) in [6.45, 7) is 2.25. The molecule has 144 valence electrons. The van der Waals surface area contributed by atoms with Gasteiger partial charge in [-0.15, -0.1) is 0 Å². The van der Waals surface area contributed by atoms with Crippen molar-refractivity contribution in [2.45, 2.75) is 25.2 Å². The number of H-pyrrole nitrogens is 1. The lowest BCUT2D eigenvalue weighted by Crippen LogP contribution is -2.49. The number of anilines is 1. The molecule has 0 bridgehead atoms. The third kappa shape index (κ3) is 3.24. The maximum absolute atomic E-state index is 12.6. The standard InChI is InChI=1S/C21H20ClN3O3/c22-15-1-3-17-13(9-15)11-18(25-17)20(26)24-16-2-4-19-14(10-16)12-27-21(28-19)5-7-23-8-6-21/h1-4,9-11,23,25H,5-8,12H2,(H,24,26). The number of aromatic nitrogens is 1. The largest absolute Gasteiger partial charge is 0.462 e. The van der Waals surface area contributed by atoms with Crippen LogP contribution in [0.25, 0.3) is 10.9 Å². The molecule has 0 saturated carbocycles. The first-order chi connectivity index (χ1) is 13.6. The lowest BCUT2D eigenvalue weighted by molar-refractivity contribution is -0.218. The van der Waals surface area contributed by atoms with Gasteiger partial charge in [-0.2, -0.15) is 0 Å². The molecule has 5 rings (SSSR count). The van der Waals surface area contributed by atoms with Crippen molar-refractivity contribution in [3.05, 3.63) is 58.7 Å². The fraction of sp³-hybridized carbons (Fsp3) is 0.286. The molecule has 0 atom stereocenters. The predicted octanol–water partition coefficient (Wildman–Crippen LogP) is 4.06. The van der Waals surface area contributed by atoms with Gasteiger partial charge in [0.05, 0.1) is 6.61 Å². The lowest BCUT2D eigenvalue weighted by atomic mass is 10.0. The summed E-state index contributed by atoms with van der Waals surface area (Å²) >= 11 is 6.02. The van der Waals surface area contributed by atoms with E-state index >= 15 is 0 Å². The summed E-state index contributed by atoms with van der Waals surface area (Å²) in [6.07, 6.45) is 1.66. The predicted molar refractivity (Wildman–Crippen MR) is 108 cm³/mol. The zero-order chi connectivity index (χ0) is 19.1. The van der Waals surface area contributed by atoms with Crippen molar-refractivity contribution >= 4 is 34.1 Å². The maximum atomic E-state index is 12.6. The number of carbonyl (C=O) groups is 1. The second kappa shape index (κ2) is 6.81. The van der Waals surface area contributed by atoms with E-state index in [0.29, 0.717) is 23.0 Å². The van der Waals surface area contributed by atoms with E-state index in [0.717, 1.165) is 48.1 Å². The minimum Gasteiger partial charge on any atom is -0.462 e. The zero-order valence-corrected chi connectivity index (χ0v) is 15.9. The highest BCUT2D eigenvalue weighted by atomic mass is 35.5. The van der Waals surface area contributed by atoms with Crippen molar-refractivity contribution < 1.29 is 14.3 Å². The Labute approximate surface area is 167 Å². The van der Waals surface area contributed by atoms with E-state index in [2.05, 4.69) is 15.6 Å². The SMILES string of the molecule is O=C(Nc1ccc2c(c1)COC1(CCNCC1)O2)c1cc2cc(Cl)ccc2[nH]1. The molecule has 1 amide bonds. The Kier molecular flexibility index (Phi) is 4.27. The summed E-state index contributed by atoms with van der Waals surface area (Å²) in [5.74, 6) is 0.0976. The fourth-order valence-electron chi connectivity index (χ4n) is 3.79. The molecule has 1 aromatic heterocycles. The van der Waals surface area contributed by atoms with Crippen LogP contribution in [0.4, 0.5) is 5.69 Å². The van der Waals surface area contributed by atoms with E-state index in [4.69, 9.17) is 21.1 Å². The smallest absolute Gasteiger partial charge is 0.272 e. The van der Waals surface area contributed by atoms with E-state index in [1.54, 1.807) is 12.1 Å². The van der Waals surface area contributed by atoms with Crippen molar-refractivity contribution in [3.63, 3.8) is 0 Å². The topological polar surface area (TPSA) is 75.4 Å². The van der Waals surface area contributed by atoms with Crippen LogP contribution in [-0.4, -0.2) is 29.8 Å². The molecule has 28 heavy (non-hydrogen) atoms. The highest BCUT2D eigenvalue weighted by Gasteiger charge is 2.38. The molecule has 3 aromatic rings. The quantitative estimate of drug-likeness (QED) is 0.609. The Hall–Kier alpha value is -2.54. The van der Waals surface area contributed by atoms with E-state index in [-0.39, 0.29) is 5.91 Å². The van der Waals surface area contributed by atoms with E-state index in [1.165, 1.54) is 0 Å². The average molecular weight is 398 g/mol. The molecule has 3 N–H and O–H groups in total. The summed E-state index contributed by atoms with van der Waals surface area (Å²) in [4.78, 5) is 15.8. The number of hydrogen-bond acceptors (Lipinski definition) is 4. The number of amides is 1. The number of benzene rings is 2. The molecule has 2 aromatic carbocycles. The first kappa shape index (κ1) is 17.6. The number of fused-ring (bicyclic) bond motifs is 2. The molecule has 0 radical (unpaired) electrons. The lowest BCUT2D eigenvalue weighted by Gasteiger charge is -2.41. The van der Waals surface area contributed by atoms with Gasteiger partial charge in [-0.3, -0.25) is 4.79 Å². The third-order valence-electron chi connectivity index (χ3n) is 5.30. The molecule has 7 heteroatoms. The molecule has 2 aliphatic rings. The number of carbonyl (C=O) groups excluding carboxylic acids is 1. The van der Waals surface area contributed by atoms with Crippen LogP contribution in [0.5, 0.6) is 5.75 Å². The van der Waals surface area contributed by atoms with E-state index in [1.807, 2.05) is 30.3 Å².